The van der Waals surface area contributed by atoms with E-state index in [9.17, 15) is 4.79 Å². The predicted molar refractivity (Wildman–Crippen MR) is 98.5 cm³/mol. The summed E-state index contributed by atoms with van der Waals surface area (Å²) in [5.41, 5.74) is 4.62. The van der Waals surface area contributed by atoms with Crippen molar-refractivity contribution in [3.8, 4) is 5.69 Å². The number of hydrogen-bond acceptors (Lipinski definition) is 1. The molecule has 0 radical (unpaired) electrons. The van der Waals surface area contributed by atoms with Crippen molar-refractivity contribution in [3.63, 3.8) is 0 Å². The Morgan fingerprint density at radius 3 is 2.58 bits per heavy atom. The van der Waals surface area contributed by atoms with E-state index in [1.165, 1.54) is 21.7 Å². The molecule has 3 aromatic carbocycles. The van der Waals surface area contributed by atoms with Crippen molar-refractivity contribution >= 4 is 33.5 Å². The number of allylic oxidation sites excluding steroid dienone is 1. The van der Waals surface area contributed by atoms with E-state index in [1.807, 2.05) is 12.1 Å². The zero-order valence-electron chi connectivity index (χ0n) is 13.1. The first-order valence-electron chi connectivity index (χ1n) is 8.13. The molecule has 0 fully saturated rings. The minimum absolute atomic E-state index is 0.177. The lowest BCUT2D eigenvalue weighted by atomic mass is 9.92. The number of nitrogens with zero attached hydrogens (tertiary/aromatic N) is 1. The molecule has 0 bridgehead atoms. The van der Waals surface area contributed by atoms with E-state index in [0.717, 1.165) is 16.8 Å². The lowest BCUT2D eigenvalue weighted by molar-refractivity contribution is -0.114. The summed E-state index contributed by atoms with van der Waals surface area (Å²) in [4.78, 5) is 11.7. The lowest BCUT2D eigenvalue weighted by Crippen LogP contribution is -2.05. The number of ketones is 1. The zero-order valence-corrected chi connectivity index (χ0v) is 13.1. The van der Waals surface area contributed by atoms with Gasteiger partial charge in [-0.1, -0.05) is 30.3 Å². The molecule has 0 aliphatic heterocycles. The third-order valence-corrected chi connectivity index (χ3v) is 4.80. The molecule has 1 aliphatic carbocycles. The van der Waals surface area contributed by atoms with Crippen LogP contribution in [0.4, 0.5) is 0 Å². The van der Waals surface area contributed by atoms with Gasteiger partial charge in [-0.15, -0.1) is 0 Å². The second-order valence-corrected chi connectivity index (χ2v) is 6.27. The number of carbonyl (C=O) groups excluding carboxylic acids is 1. The van der Waals surface area contributed by atoms with Crippen molar-refractivity contribution in [3.05, 3.63) is 84.1 Å². The number of aromatic nitrogens is 1. The Morgan fingerprint density at radius 1 is 0.833 bits per heavy atom. The van der Waals surface area contributed by atoms with Crippen molar-refractivity contribution < 1.29 is 4.79 Å². The summed E-state index contributed by atoms with van der Waals surface area (Å²) >= 11 is 0. The van der Waals surface area contributed by atoms with Gasteiger partial charge in [0.1, 0.15) is 0 Å². The largest absolute Gasteiger partial charge is 0.317 e. The van der Waals surface area contributed by atoms with Crippen molar-refractivity contribution in [2.24, 2.45) is 0 Å². The third-order valence-electron chi connectivity index (χ3n) is 4.80. The van der Waals surface area contributed by atoms with Crippen LogP contribution in [0.5, 0.6) is 0 Å². The molecule has 1 heterocycles. The predicted octanol–water partition coefficient (Wildman–Crippen LogP) is 4.92. The maximum atomic E-state index is 11.7. The summed E-state index contributed by atoms with van der Waals surface area (Å²) in [5, 5.41) is 3.65. The molecular weight excluding hydrogens is 294 g/mol. The normalized spacial score (nSPS) is 13.6. The van der Waals surface area contributed by atoms with Crippen molar-refractivity contribution in [2.75, 3.05) is 0 Å². The molecule has 2 heteroatoms. The van der Waals surface area contributed by atoms with Gasteiger partial charge >= 0.3 is 0 Å². The van der Waals surface area contributed by atoms with E-state index >= 15 is 0 Å². The van der Waals surface area contributed by atoms with E-state index in [1.54, 1.807) is 6.08 Å². The molecule has 0 saturated heterocycles. The van der Waals surface area contributed by atoms with Gasteiger partial charge in [-0.3, -0.25) is 4.79 Å². The molecule has 24 heavy (non-hydrogen) atoms. The molecule has 0 atom stereocenters. The van der Waals surface area contributed by atoms with E-state index < -0.39 is 0 Å². The Hall–Kier alpha value is -3.13. The van der Waals surface area contributed by atoms with Gasteiger partial charge in [0.2, 0.25) is 0 Å². The van der Waals surface area contributed by atoms with E-state index in [4.69, 9.17) is 0 Å². The molecule has 0 unspecified atom stereocenters. The van der Waals surface area contributed by atoms with Crippen LogP contribution in [0.3, 0.4) is 0 Å². The highest BCUT2D eigenvalue weighted by Gasteiger charge is 2.13. The van der Waals surface area contributed by atoms with Crippen LogP contribution in [-0.2, 0) is 11.2 Å². The van der Waals surface area contributed by atoms with E-state index in [2.05, 4.69) is 65.4 Å². The molecule has 1 aliphatic rings. The van der Waals surface area contributed by atoms with Crippen LogP contribution in [0.15, 0.2) is 72.9 Å². The molecule has 4 aromatic rings. The van der Waals surface area contributed by atoms with Crippen molar-refractivity contribution in [2.45, 2.75) is 6.42 Å². The number of benzene rings is 3. The average Bonchev–Trinajstić information content (AvgIpc) is 3.05. The quantitative estimate of drug-likeness (QED) is 0.489. The Bertz CT molecular complexity index is 1130. The molecule has 0 N–H and O–H groups in total. The van der Waals surface area contributed by atoms with E-state index in [0.29, 0.717) is 6.42 Å². The van der Waals surface area contributed by atoms with Crippen LogP contribution in [0.2, 0.25) is 0 Å². The smallest absolute Gasteiger partial charge is 0.160 e. The number of fused-ring (bicyclic) bond motifs is 4. The van der Waals surface area contributed by atoms with Gasteiger partial charge < -0.3 is 4.57 Å². The minimum Gasteiger partial charge on any atom is -0.317 e. The maximum Gasteiger partial charge on any atom is 0.160 e. The third kappa shape index (κ3) is 1.93. The first-order valence-corrected chi connectivity index (χ1v) is 8.13. The summed E-state index contributed by atoms with van der Waals surface area (Å²) in [6, 6.07) is 21.2. The minimum atomic E-state index is 0.177. The summed E-state index contributed by atoms with van der Waals surface area (Å²) < 4.78 is 2.21. The first kappa shape index (κ1) is 13.3. The molecule has 1 aromatic heterocycles. The molecule has 2 nitrogen and oxygen atoms in total. The lowest BCUT2D eigenvalue weighted by Gasteiger charge is -2.12. The Kier molecular flexibility index (Phi) is 2.74. The monoisotopic (exact) mass is 309 g/mol. The van der Waals surface area contributed by atoms with Crippen molar-refractivity contribution in [1.82, 2.24) is 4.57 Å². The Labute approximate surface area is 139 Å². The topological polar surface area (TPSA) is 22.0 Å². The van der Waals surface area contributed by atoms with Gasteiger partial charge in [-0.25, -0.2) is 0 Å². The van der Waals surface area contributed by atoms with Gasteiger partial charge in [0.15, 0.2) is 5.78 Å². The van der Waals surface area contributed by atoms with Crippen LogP contribution in [-0.4, -0.2) is 10.4 Å². The number of hydrogen-bond donors (Lipinski definition) is 0. The van der Waals surface area contributed by atoms with E-state index in [-0.39, 0.29) is 5.78 Å². The van der Waals surface area contributed by atoms with Crippen LogP contribution in [0.1, 0.15) is 11.1 Å². The maximum absolute atomic E-state index is 11.7. The molecule has 0 spiro atoms. The molecular formula is C22H15NO. The second-order valence-electron chi connectivity index (χ2n) is 6.27. The zero-order chi connectivity index (χ0) is 16.1. The van der Waals surface area contributed by atoms with Crippen LogP contribution < -0.4 is 0 Å². The summed E-state index contributed by atoms with van der Waals surface area (Å²) in [6.45, 7) is 0. The average molecular weight is 309 g/mol. The second kappa shape index (κ2) is 4.93. The van der Waals surface area contributed by atoms with Crippen molar-refractivity contribution in [1.29, 1.82) is 0 Å². The SMILES string of the molecule is O=C1C=Cc2cc3ccc4c(ccn4-c4ccccc4)c3cc2C1. The highest BCUT2D eigenvalue weighted by Crippen LogP contribution is 2.32. The molecule has 0 amide bonds. The summed E-state index contributed by atoms with van der Waals surface area (Å²) in [6.07, 6.45) is 6.22. The number of carbonyl (C=O) groups is 1. The van der Waals surface area contributed by atoms with Gasteiger partial charge in [0, 0.05) is 23.7 Å². The Balaban J connectivity index is 1.79. The van der Waals surface area contributed by atoms with Gasteiger partial charge in [-0.05, 0) is 64.4 Å². The standard InChI is InChI=1S/C22H15NO/c24-19-8-6-15-12-16-7-9-22-20(21(16)14-17(15)13-19)10-11-23(22)18-4-2-1-3-5-18/h1-12,14H,13H2. The number of rotatable bonds is 1. The van der Waals surface area contributed by atoms with Crippen LogP contribution >= 0.6 is 0 Å². The fourth-order valence-corrected chi connectivity index (χ4v) is 3.61. The molecule has 114 valence electrons. The first-order chi connectivity index (χ1) is 11.8. The van der Waals surface area contributed by atoms with Crippen LogP contribution in [0, 0.1) is 0 Å². The highest BCUT2D eigenvalue weighted by atomic mass is 16.1. The number of para-hydroxylation sites is 1. The summed E-state index contributed by atoms with van der Waals surface area (Å²) in [7, 11) is 0. The van der Waals surface area contributed by atoms with Crippen LogP contribution in [0.25, 0.3) is 33.4 Å². The Morgan fingerprint density at radius 2 is 1.71 bits per heavy atom. The molecule has 0 saturated carbocycles. The molecule has 5 rings (SSSR count). The highest BCUT2D eigenvalue weighted by molar-refractivity contribution is 6.09. The summed E-state index contributed by atoms with van der Waals surface area (Å²) in [5.74, 6) is 0.177. The fraction of sp³-hybridized carbons (Fsp3) is 0.0455. The van der Waals surface area contributed by atoms with Gasteiger partial charge in [-0.2, -0.15) is 0 Å². The van der Waals surface area contributed by atoms with Gasteiger partial charge in [0.05, 0.1) is 5.52 Å². The fourth-order valence-electron chi connectivity index (χ4n) is 3.61. The van der Waals surface area contributed by atoms with Gasteiger partial charge in [0.25, 0.3) is 0 Å².